The maximum absolute atomic E-state index is 13.1. The Morgan fingerprint density at radius 2 is 1.93 bits per heavy atom. The van der Waals surface area contributed by atoms with Gasteiger partial charge in [-0.15, -0.1) is 0 Å². The minimum absolute atomic E-state index is 0.251. The number of amides is 1. The highest BCUT2D eigenvalue weighted by Crippen LogP contribution is 2.22. The van der Waals surface area contributed by atoms with Crippen LogP contribution in [0.2, 0.25) is 0 Å². The number of carbonyl (C=O) groups is 1. The Morgan fingerprint density at radius 3 is 2.63 bits per heavy atom. The van der Waals surface area contributed by atoms with Gasteiger partial charge in [0.15, 0.2) is 0 Å². The molecule has 0 fully saturated rings. The minimum atomic E-state index is -0.503. The van der Waals surface area contributed by atoms with Gasteiger partial charge < -0.3 is 14.4 Å². The van der Waals surface area contributed by atoms with E-state index in [1.165, 1.54) is 12.1 Å². The number of halogens is 1. The van der Waals surface area contributed by atoms with Crippen molar-refractivity contribution in [3.8, 4) is 17.2 Å². The lowest BCUT2D eigenvalue weighted by atomic mass is 10.2. The molecule has 1 amide bonds. The molecule has 3 heterocycles. The fourth-order valence-corrected chi connectivity index (χ4v) is 3.29. The number of hydrogen-bond acceptors (Lipinski definition) is 5. The van der Waals surface area contributed by atoms with Gasteiger partial charge in [-0.25, -0.2) is 9.37 Å². The molecule has 8 heteroatoms. The van der Waals surface area contributed by atoms with E-state index < -0.39 is 6.04 Å². The molecule has 4 rings (SSSR count). The van der Waals surface area contributed by atoms with Crippen molar-refractivity contribution in [2.45, 2.75) is 26.8 Å². The number of nitrogens with one attached hydrogen (secondary N) is 1. The van der Waals surface area contributed by atoms with E-state index in [4.69, 9.17) is 4.52 Å². The van der Waals surface area contributed by atoms with Crippen LogP contribution in [0.25, 0.3) is 17.2 Å². The summed E-state index contributed by atoms with van der Waals surface area (Å²) in [5, 5.41) is 6.81. The van der Waals surface area contributed by atoms with Gasteiger partial charge in [0.1, 0.15) is 17.7 Å². The average molecular weight is 405 g/mol. The van der Waals surface area contributed by atoms with Crippen LogP contribution in [-0.2, 0) is 0 Å². The molecule has 0 saturated heterocycles. The SMILES string of the molecule is Cc1cc(C(=O)NC(C)c2nc(-c3ccc(F)cc3)no2)c(C)n1-c1ccccn1. The summed E-state index contributed by atoms with van der Waals surface area (Å²) in [7, 11) is 0. The summed E-state index contributed by atoms with van der Waals surface area (Å²) >= 11 is 0. The Labute approximate surface area is 172 Å². The molecule has 0 spiro atoms. The van der Waals surface area contributed by atoms with Crippen LogP contribution in [0.3, 0.4) is 0 Å². The topological polar surface area (TPSA) is 85.8 Å². The lowest BCUT2D eigenvalue weighted by molar-refractivity contribution is 0.0932. The fraction of sp³-hybridized carbons (Fsp3) is 0.182. The molecule has 0 radical (unpaired) electrons. The molecule has 1 unspecified atom stereocenters. The first kappa shape index (κ1) is 19.5. The van der Waals surface area contributed by atoms with Crippen LogP contribution in [0.15, 0.2) is 59.3 Å². The van der Waals surface area contributed by atoms with E-state index in [9.17, 15) is 9.18 Å². The third-order valence-electron chi connectivity index (χ3n) is 4.82. The Hall–Kier alpha value is -3.81. The molecule has 152 valence electrons. The van der Waals surface area contributed by atoms with Gasteiger partial charge >= 0.3 is 0 Å². The molecule has 0 aliphatic rings. The first-order chi connectivity index (χ1) is 14.4. The maximum Gasteiger partial charge on any atom is 0.253 e. The summed E-state index contributed by atoms with van der Waals surface area (Å²) in [5.74, 6) is 0.756. The molecule has 0 aliphatic carbocycles. The summed E-state index contributed by atoms with van der Waals surface area (Å²) in [6.45, 7) is 5.56. The highest BCUT2D eigenvalue weighted by Gasteiger charge is 2.22. The number of carbonyl (C=O) groups excluding carboxylic acids is 1. The van der Waals surface area contributed by atoms with E-state index in [-0.39, 0.29) is 17.6 Å². The number of aryl methyl sites for hydroxylation is 1. The molecule has 1 atom stereocenters. The Morgan fingerprint density at radius 1 is 1.17 bits per heavy atom. The Balaban J connectivity index is 1.53. The minimum Gasteiger partial charge on any atom is -0.340 e. The second-order valence-corrected chi connectivity index (χ2v) is 6.97. The first-order valence-corrected chi connectivity index (χ1v) is 9.45. The number of aromatic nitrogens is 4. The molecule has 0 saturated carbocycles. The predicted octanol–water partition coefficient (Wildman–Crippen LogP) is 4.17. The van der Waals surface area contributed by atoms with Crippen LogP contribution in [0, 0.1) is 19.7 Å². The molecule has 0 bridgehead atoms. The summed E-state index contributed by atoms with van der Waals surface area (Å²) in [4.78, 5) is 21.6. The van der Waals surface area contributed by atoms with Crippen molar-refractivity contribution in [1.29, 1.82) is 0 Å². The molecule has 3 aromatic heterocycles. The second-order valence-electron chi connectivity index (χ2n) is 6.97. The largest absolute Gasteiger partial charge is 0.340 e. The van der Waals surface area contributed by atoms with Crippen molar-refractivity contribution >= 4 is 5.91 Å². The number of hydrogen-bond donors (Lipinski definition) is 1. The first-order valence-electron chi connectivity index (χ1n) is 9.45. The van der Waals surface area contributed by atoms with Crippen molar-refractivity contribution < 1.29 is 13.7 Å². The van der Waals surface area contributed by atoms with Gasteiger partial charge in [0, 0.05) is 23.1 Å². The van der Waals surface area contributed by atoms with Gasteiger partial charge in [-0.05, 0) is 63.2 Å². The van der Waals surface area contributed by atoms with Gasteiger partial charge in [0.25, 0.3) is 5.91 Å². The van der Waals surface area contributed by atoms with Gasteiger partial charge in [-0.1, -0.05) is 11.2 Å². The van der Waals surface area contributed by atoms with E-state index in [1.54, 1.807) is 25.3 Å². The summed E-state index contributed by atoms with van der Waals surface area (Å²) in [5.41, 5.74) is 2.86. The van der Waals surface area contributed by atoms with Crippen molar-refractivity contribution in [3.05, 3.63) is 83.4 Å². The summed E-state index contributed by atoms with van der Waals surface area (Å²) < 4.78 is 20.3. The lowest BCUT2D eigenvalue weighted by Crippen LogP contribution is -2.27. The number of benzene rings is 1. The van der Waals surface area contributed by atoms with Crippen LogP contribution >= 0.6 is 0 Å². The second kappa shape index (κ2) is 7.90. The third kappa shape index (κ3) is 3.71. The van der Waals surface area contributed by atoms with Crippen molar-refractivity contribution in [1.82, 2.24) is 25.0 Å². The van der Waals surface area contributed by atoms with Crippen molar-refractivity contribution in [2.75, 3.05) is 0 Å². The van der Waals surface area contributed by atoms with Crippen molar-refractivity contribution in [3.63, 3.8) is 0 Å². The molecule has 1 aromatic carbocycles. The number of rotatable bonds is 5. The van der Waals surface area contributed by atoms with Gasteiger partial charge in [0.2, 0.25) is 11.7 Å². The van der Waals surface area contributed by atoms with Crippen LogP contribution in [-0.4, -0.2) is 25.6 Å². The highest BCUT2D eigenvalue weighted by atomic mass is 19.1. The standard InChI is InChI=1S/C22H20FN5O2/c1-13-12-18(15(3)28(13)19-6-4-5-11-24-19)21(29)25-14(2)22-26-20(27-30-22)16-7-9-17(23)10-8-16/h4-12,14H,1-3H3,(H,25,29). The quantitative estimate of drug-likeness (QED) is 0.539. The van der Waals surface area contributed by atoms with Crippen LogP contribution in [0.5, 0.6) is 0 Å². The number of nitrogens with zero attached hydrogens (tertiary/aromatic N) is 4. The van der Waals surface area contributed by atoms with Crippen LogP contribution in [0.1, 0.15) is 40.6 Å². The number of pyridine rings is 1. The normalized spacial score (nSPS) is 12.0. The van der Waals surface area contributed by atoms with E-state index >= 15 is 0 Å². The van der Waals surface area contributed by atoms with Crippen molar-refractivity contribution in [2.24, 2.45) is 0 Å². The van der Waals surface area contributed by atoms with Crippen LogP contribution < -0.4 is 5.32 Å². The molecule has 1 N–H and O–H groups in total. The molecular weight excluding hydrogens is 385 g/mol. The summed E-state index contributed by atoms with van der Waals surface area (Å²) in [6, 6.07) is 12.7. The van der Waals surface area contributed by atoms with Gasteiger partial charge in [0.05, 0.1) is 5.56 Å². The smallest absolute Gasteiger partial charge is 0.253 e. The zero-order valence-electron chi connectivity index (χ0n) is 16.8. The lowest BCUT2D eigenvalue weighted by Gasteiger charge is -2.11. The van der Waals surface area contributed by atoms with E-state index in [0.717, 1.165) is 17.2 Å². The molecule has 7 nitrogen and oxygen atoms in total. The van der Waals surface area contributed by atoms with Crippen LogP contribution in [0.4, 0.5) is 4.39 Å². The monoisotopic (exact) mass is 405 g/mol. The highest BCUT2D eigenvalue weighted by molar-refractivity contribution is 5.96. The molecular formula is C22H20FN5O2. The predicted molar refractivity (Wildman–Crippen MR) is 109 cm³/mol. The molecule has 4 aromatic rings. The third-order valence-corrected chi connectivity index (χ3v) is 4.82. The van der Waals surface area contributed by atoms with Gasteiger partial charge in [-0.3, -0.25) is 4.79 Å². The van der Waals surface area contributed by atoms with E-state index in [1.807, 2.05) is 42.7 Å². The van der Waals surface area contributed by atoms with E-state index in [2.05, 4.69) is 20.4 Å². The Bertz CT molecular complexity index is 1180. The zero-order chi connectivity index (χ0) is 21.3. The van der Waals surface area contributed by atoms with E-state index in [0.29, 0.717) is 17.0 Å². The summed E-state index contributed by atoms with van der Waals surface area (Å²) in [6.07, 6.45) is 1.71. The van der Waals surface area contributed by atoms with Gasteiger partial charge in [-0.2, -0.15) is 4.98 Å². The Kier molecular flexibility index (Phi) is 5.14. The maximum atomic E-state index is 13.1. The zero-order valence-corrected chi connectivity index (χ0v) is 16.8. The molecule has 0 aliphatic heterocycles. The molecule has 30 heavy (non-hydrogen) atoms. The fourth-order valence-electron chi connectivity index (χ4n) is 3.29. The average Bonchev–Trinajstić information content (AvgIpc) is 3.34.